The number of amides is 2. The minimum absolute atomic E-state index is 0.168. The number of thiophene rings is 1. The number of carbonyl (C=O) groups excluding carboxylic acids is 2. The maximum absolute atomic E-state index is 13.3. The minimum atomic E-state index is -0.314. The topological polar surface area (TPSA) is 76.0 Å². The second-order valence-electron chi connectivity index (χ2n) is 7.48. The molecule has 32 heavy (non-hydrogen) atoms. The molecule has 4 aromatic rings. The fourth-order valence-corrected chi connectivity index (χ4v) is 4.46. The molecule has 1 aliphatic rings. The number of hydrogen-bond acceptors (Lipinski definition) is 4. The van der Waals surface area contributed by atoms with Crippen LogP contribution in [0, 0.1) is 5.82 Å². The SMILES string of the molecule is O=C(Nc1ccc(NC(=O)c2nn(-c3ccc(F)cc3)c3c2CCC3)cc1)c1cccs1. The Bertz CT molecular complexity index is 1280. The lowest BCUT2D eigenvalue weighted by Crippen LogP contribution is -2.15. The lowest BCUT2D eigenvalue weighted by atomic mass is 10.2. The molecule has 2 amide bonds. The van der Waals surface area contributed by atoms with Crippen LogP contribution in [-0.2, 0) is 12.8 Å². The van der Waals surface area contributed by atoms with Crippen LogP contribution in [0.1, 0.15) is 37.8 Å². The predicted molar refractivity (Wildman–Crippen MR) is 122 cm³/mol. The normalized spacial score (nSPS) is 12.4. The smallest absolute Gasteiger partial charge is 0.276 e. The van der Waals surface area contributed by atoms with Crippen molar-refractivity contribution in [2.24, 2.45) is 0 Å². The number of rotatable bonds is 5. The van der Waals surface area contributed by atoms with Crippen molar-refractivity contribution in [3.8, 4) is 5.69 Å². The van der Waals surface area contributed by atoms with Crippen LogP contribution < -0.4 is 10.6 Å². The molecule has 0 saturated heterocycles. The monoisotopic (exact) mass is 446 g/mol. The van der Waals surface area contributed by atoms with E-state index in [2.05, 4.69) is 15.7 Å². The first-order valence-electron chi connectivity index (χ1n) is 10.2. The van der Waals surface area contributed by atoms with Gasteiger partial charge in [0.25, 0.3) is 11.8 Å². The van der Waals surface area contributed by atoms with Gasteiger partial charge in [0.1, 0.15) is 5.82 Å². The first kappa shape index (κ1) is 20.1. The van der Waals surface area contributed by atoms with Gasteiger partial charge in [0, 0.05) is 22.6 Å². The van der Waals surface area contributed by atoms with E-state index in [4.69, 9.17) is 0 Å². The van der Waals surface area contributed by atoms with Gasteiger partial charge < -0.3 is 10.6 Å². The highest BCUT2D eigenvalue weighted by Crippen LogP contribution is 2.28. The van der Waals surface area contributed by atoms with E-state index in [0.717, 1.165) is 36.2 Å². The lowest BCUT2D eigenvalue weighted by Gasteiger charge is -2.07. The summed E-state index contributed by atoms with van der Waals surface area (Å²) < 4.78 is 15.0. The number of aromatic nitrogens is 2. The number of benzene rings is 2. The summed E-state index contributed by atoms with van der Waals surface area (Å²) in [4.78, 5) is 25.8. The molecule has 2 aromatic heterocycles. The van der Waals surface area contributed by atoms with Gasteiger partial charge in [0.2, 0.25) is 0 Å². The standard InChI is InChI=1S/C24H19FN4O2S/c25-15-6-12-18(13-7-15)29-20-4-1-3-19(20)22(28-29)24(31)27-17-10-8-16(9-11-17)26-23(30)21-5-2-14-32-21/h2,5-14H,1,3-4H2,(H,26,30)(H,27,31). The zero-order valence-corrected chi connectivity index (χ0v) is 17.8. The molecule has 0 fully saturated rings. The van der Waals surface area contributed by atoms with Gasteiger partial charge in [-0.15, -0.1) is 11.3 Å². The molecule has 5 rings (SSSR count). The Morgan fingerprint density at radius 3 is 2.25 bits per heavy atom. The zero-order valence-electron chi connectivity index (χ0n) is 17.0. The van der Waals surface area contributed by atoms with Crippen molar-refractivity contribution in [2.75, 3.05) is 10.6 Å². The Labute approximate surface area is 187 Å². The molecule has 0 aliphatic heterocycles. The molecule has 0 bridgehead atoms. The molecular weight excluding hydrogens is 427 g/mol. The van der Waals surface area contributed by atoms with E-state index < -0.39 is 0 Å². The van der Waals surface area contributed by atoms with Gasteiger partial charge in [-0.1, -0.05) is 6.07 Å². The molecule has 2 aromatic carbocycles. The maximum Gasteiger partial charge on any atom is 0.276 e. The van der Waals surface area contributed by atoms with Crippen molar-refractivity contribution in [1.29, 1.82) is 0 Å². The Morgan fingerprint density at radius 2 is 1.59 bits per heavy atom. The molecule has 0 atom stereocenters. The summed E-state index contributed by atoms with van der Waals surface area (Å²) in [6.07, 6.45) is 2.56. The van der Waals surface area contributed by atoms with Crippen LogP contribution in [0.25, 0.3) is 5.69 Å². The van der Waals surface area contributed by atoms with Crippen molar-refractivity contribution in [3.05, 3.63) is 93.7 Å². The fourth-order valence-electron chi connectivity index (χ4n) is 3.84. The highest BCUT2D eigenvalue weighted by Gasteiger charge is 2.27. The fraction of sp³-hybridized carbons (Fsp3) is 0.125. The average Bonchev–Trinajstić information content (AvgIpc) is 3.54. The minimum Gasteiger partial charge on any atom is -0.321 e. The summed E-state index contributed by atoms with van der Waals surface area (Å²) in [5, 5.41) is 12.1. The van der Waals surface area contributed by atoms with Gasteiger partial charge >= 0.3 is 0 Å². The Kier molecular flexibility index (Phi) is 5.28. The second kappa shape index (κ2) is 8.39. The molecule has 0 radical (unpaired) electrons. The van der Waals surface area contributed by atoms with Crippen LogP contribution in [0.5, 0.6) is 0 Å². The number of nitrogens with one attached hydrogen (secondary N) is 2. The summed E-state index contributed by atoms with van der Waals surface area (Å²) in [5.41, 5.74) is 4.29. The quantitative estimate of drug-likeness (QED) is 0.450. The number of hydrogen-bond donors (Lipinski definition) is 2. The lowest BCUT2D eigenvalue weighted by molar-refractivity contribution is 0.101. The Morgan fingerprint density at radius 1 is 0.906 bits per heavy atom. The molecule has 160 valence electrons. The van der Waals surface area contributed by atoms with Crippen molar-refractivity contribution >= 4 is 34.5 Å². The zero-order chi connectivity index (χ0) is 22.1. The number of anilines is 2. The Balaban J connectivity index is 1.32. The number of halogens is 1. The van der Waals surface area contributed by atoms with E-state index in [-0.39, 0.29) is 17.6 Å². The first-order chi connectivity index (χ1) is 15.6. The number of fused-ring (bicyclic) bond motifs is 1. The van der Waals surface area contributed by atoms with Crippen LogP contribution in [0.15, 0.2) is 66.0 Å². The third-order valence-corrected chi connectivity index (χ3v) is 6.23. The molecule has 8 heteroatoms. The number of carbonyl (C=O) groups is 2. The van der Waals surface area contributed by atoms with E-state index in [1.54, 1.807) is 47.1 Å². The van der Waals surface area contributed by atoms with Crippen molar-refractivity contribution in [1.82, 2.24) is 9.78 Å². The molecule has 1 aliphatic carbocycles. The highest BCUT2D eigenvalue weighted by atomic mass is 32.1. The summed E-state index contributed by atoms with van der Waals surface area (Å²) in [6.45, 7) is 0. The van der Waals surface area contributed by atoms with Crippen LogP contribution in [0.2, 0.25) is 0 Å². The molecule has 6 nitrogen and oxygen atoms in total. The van der Waals surface area contributed by atoms with Crippen LogP contribution in [0.3, 0.4) is 0 Å². The first-order valence-corrected chi connectivity index (χ1v) is 11.1. The van der Waals surface area contributed by atoms with E-state index >= 15 is 0 Å². The summed E-state index contributed by atoms with van der Waals surface area (Å²) >= 11 is 1.37. The highest BCUT2D eigenvalue weighted by molar-refractivity contribution is 7.12. The molecule has 0 spiro atoms. The van der Waals surface area contributed by atoms with E-state index in [1.165, 1.54) is 23.5 Å². The van der Waals surface area contributed by atoms with E-state index in [1.807, 2.05) is 11.4 Å². The largest absolute Gasteiger partial charge is 0.321 e. The van der Waals surface area contributed by atoms with Gasteiger partial charge in [-0.3, -0.25) is 9.59 Å². The second-order valence-corrected chi connectivity index (χ2v) is 8.43. The third-order valence-electron chi connectivity index (χ3n) is 5.36. The van der Waals surface area contributed by atoms with Gasteiger partial charge in [0.05, 0.1) is 10.6 Å². The van der Waals surface area contributed by atoms with Crippen molar-refractivity contribution in [2.45, 2.75) is 19.3 Å². The molecular formula is C24H19FN4O2S. The molecule has 2 N–H and O–H groups in total. The third kappa shape index (κ3) is 3.92. The van der Waals surface area contributed by atoms with Crippen LogP contribution >= 0.6 is 11.3 Å². The van der Waals surface area contributed by atoms with Crippen LogP contribution in [0.4, 0.5) is 15.8 Å². The predicted octanol–water partition coefficient (Wildman–Crippen LogP) is 5.07. The molecule has 0 saturated carbocycles. The van der Waals surface area contributed by atoms with Gasteiger partial charge in [-0.05, 0) is 79.2 Å². The van der Waals surface area contributed by atoms with E-state index in [0.29, 0.717) is 21.9 Å². The van der Waals surface area contributed by atoms with Crippen molar-refractivity contribution < 1.29 is 14.0 Å². The maximum atomic E-state index is 13.3. The van der Waals surface area contributed by atoms with Crippen LogP contribution in [-0.4, -0.2) is 21.6 Å². The van der Waals surface area contributed by atoms with Crippen molar-refractivity contribution in [3.63, 3.8) is 0 Å². The Hall–Kier alpha value is -3.78. The number of nitrogens with zero attached hydrogens (tertiary/aromatic N) is 2. The summed E-state index contributed by atoms with van der Waals surface area (Å²) in [6, 6.07) is 16.6. The van der Waals surface area contributed by atoms with Gasteiger partial charge in [0.15, 0.2) is 5.69 Å². The van der Waals surface area contributed by atoms with E-state index in [9.17, 15) is 14.0 Å². The molecule has 0 unspecified atom stereocenters. The average molecular weight is 447 g/mol. The van der Waals surface area contributed by atoms with Gasteiger partial charge in [-0.25, -0.2) is 9.07 Å². The summed E-state index contributed by atoms with van der Waals surface area (Å²) in [7, 11) is 0. The van der Waals surface area contributed by atoms with Gasteiger partial charge in [-0.2, -0.15) is 5.10 Å². The summed E-state index contributed by atoms with van der Waals surface area (Å²) in [5.74, 6) is -0.774. The molecule has 2 heterocycles.